The Labute approximate surface area is 134 Å². The minimum Gasteiger partial charge on any atom is -0.352 e. The van der Waals surface area contributed by atoms with Gasteiger partial charge in [-0.05, 0) is 38.0 Å². The fourth-order valence-corrected chi connectivity index (χ4v) is 4.26. The van der Waals surface area contributed by atoms with Crippen molar-refractivity contribution >= 4 is 38.9 Å². The predicted octanol–water partition coefficient (Wildman–Crippen LogP) is 2.57. The summed E-state index contributed by atoms with van der Waals surface area (Å²) in [4.78, 5) is 12.4. The SMILES string of the molecule is CC(C)(C(=O)NC1CCS(=O)(=O)C1)c1ccc(Cl)c(Cl)c1. The van der Waals surface area contributed by atoms with Crippen molar-refractivity contribution < 1.29 is 13.2 Å². The maximum absolute atomic E-state index is 12.4. The lowest BCUT2D eigenvalue weighted by Crippen LogP contribution is -2.45. The van der Waals surface area contributed by atoms with E-state index in [0.717, 1.165) is 5.56 Å². The van der Waals surface area contributed by atoms with Gasteiger partial charge in [-0.1, -0.05) is 29.3 Å². The van der Waals surface area contributed by atoms with Gasteiger partial charge in [-0.15, -0.1) is 0 Å². The Hall–Kier alpha value is -0.780. The molecule has 1 aromatic carbocycles. The van der Waals surface area contributed by atoms with Crippen LogP contribution in [0.2, 0.25) is 10.0 Å². The molecule has 1 saturated heterocycles. The highest BCUT2D eigenvalue weighted by molar-refractivity contribution is 7.91. The van der Waals surface area contributed by atoms with Crippen LogP contribution in [-0.2, 0) is 20.0 Å². The van der Waals surface area contributed by atoms with Gasteiger partial charge < -0.3 is 5.32 Å². The zero-order valence-electron chi connectivity index (χ0n) is 11.8. The number of halogens is 2. The topological polar surface area (TPSA) is 63.2 Å². The molecule has 1 amide bonds. The summed E-state index contributed by atoms with van der Waals surface area (Å²) < 4.78 is 22.9. The molecule has 21 heavy (non-hydrogen) atoms. The van der Waals surface area contributed by atoms with E-state index in [4.69, 9.17) is 23.2 Å². The lowest BCUT2D eigenvalue weighted by Gasteiger charge is -2.26. The number of hydrogen-bond acceptors (Lipinski definition) is 3. The lowest BCUT2D eigenvalue weighted by molar-refractivity contribution is -0.126. The van der Waals surface area contributed by atoms with Crippen molar-refractivity contribution in [1.29, 1.82) is 0 Å². The average molecular weight is 350 g/mol. The first-order valence-corrected chi connectivity index (χ1v) is 9.16. The Morgan fingerprint density at radius 3 is 2.48 bits per heavy atom. The summed E-state index contributed by atoms with van der Waals surface area (Å²) >= 11 is 11.9. The van der Waals surface area contributed by atoms with Gasteiger partial charge in [0.2, 0.25) is 5.91 Å². The van der Waals surface area contributed by atoms with Gasteiger partial charge in [0.25, 0.3) is 0 Å². The van der Waals surface area contributed by atoms with Crippen LogP contribution in [0.4, 0.5) is 0 Å². The third-order valence-electron chi connectivity index (χ3n) is 3.78. The number of nitrogens with one attached hydrogen (secondary N) is 1. The van der Waals surface area contributed by atoms with Gasteiger partial charge in [-0.2, -0.15) is 0 Å². The van der Waals surface area contributed by atoms with Crippen LogP contribution < -0.4 is 5.32 Å². The fraction of sp³-hybridized carbons (Fsp3) is 0.500. The molecule has 1 unspecified atom stereocenters. The van der Waals surface area contributed by atoms with Crippen LogP contribution in [0.1, 0.15) is 25.8 Å². The average Bonchev–Trinajstić information content (AvgIpc) is 2.71. The second-order valence-electron chi connectivity index (χ2n) is 5.83. The number of sulfone groups is 1. The first kappa shape index (κ1) is 16.6. The van der Waals surface area contributed by atoms with Gasteiger partial charge >= 0.3 is 0 Å². The molecule has 0 spiro atoms. The molecule has 4 nitrogen and oxygen atoms in total. The van der Waals surface area contributed by atoms with Gasteiger partial charge in [-0.25, -0.2) is 8.42 Å². The van der Waals surface area contributed by atoms with Crippen molar-refractivity contribution in [1.82, 2.24) is 5.32 Å². The Kier molecular flexibility index (Phi) is 4.57. The fourth-order valence-electron chi connectivity index (χ4n) is 2.29. The van der Waals surface area contributed by atoms with Crippen molar-refractivity contribution in [3.05, 3.63) is 33.8 Å². The molecule has 2 rings (SSSR count). The smallest absolute Gasteiger partial charge is 0.230 e. The minimum absolute atomic E-state index is 0.0101. The van der Waals surface area contributed by atoms with E-state index >= 15 is 0 Å². The second kappa shape index (κ2) is 5.78. The molecular formula is C14H17Cl2NO3S. The molecule has 1 fully saturated rings. The number of rotatable bonds is 3. The predicted molar refractivity (Wildman–Crippen MR) is 84.7 cm³/mol. The van der Waals surface area contributed by atoms with Crippen molar-refractivity contribution in [2.24, 2.45) is 0 Å². The van der Waals surface area contributed by atoms with Crippen LogP contribution in [0, 0.1) is 0 Å². The maximum Gasteiger partial charge on any atom is 0.230 e. The Morgan fingerprint density at radius 2 is 1.95 bits per heavy atom. The van der Waals surface area contributed by atoms with E-state index in [9.17, 15) is 13.2 Å². The van der Waals surface area contributed by atoms with Crippen LogP contribution in [0.3, 0.4) is 0 Å². The second-order valence-corrected chi connectivity index (χ2v) is 8.87. The molecule has 116 valence electrons. The van der Waals surface area contributed by atoms with Gasteiger partial charge in [0, 0.05) is 6.04 Å². The highest BCUT2D eigenvalue weighted by Crippen LogP contribution is 2.30. The molecule has 1 heterocycles. The van der Waals surface area contributed by atoms with Crippen LogP contribution in [0.15, 0.2) is 18.2 Å². The zero-order valence-corrected chi connectivity index (χ0v) is 14.1. The summed E-state index contributed by atoms with van der Waals surface area (Å²) in [6.45, 7) is 3.54. The molecule has 1 aliphatic heterocycles. The highest BCUT2D eigenvalue weighted by Gasteiger charge is 2.35. The number of carbonyl (C=O) groups is 1. The van der Waals surface area contributed by atoms with Crippen molar-refractivity contribution in [3.63, 3.8) is 0 Å². The summed E-state index contributed by atoms with van der Waals surface area (Å²) in [5, 5.41) is 3.63. The van der Waals surface area contributed by atoms with Crippen LogP contribution in [-0.4, -0.2) is 31.9 Å². The van der Waals surface area contributed by atoms with E-state index in [1.165, 1.54) is 0 Å². The monoisotopic (exact) mass is 349 g/mol. The molecule has 0 saturated carbocycles. The third-order valence-corrected chi connectivity index (χ3v) is 6.28. The molecule has 0 radical (unpaired) electrons. The van der Waals surface area contributed by atoms with Gasteiger partial charge in [0.05, 0.1) is 27.0 Å². The molecule has 0 bridgehead atoms. The highest BCUT2D eigenvalue weighted by atomic mass is 35.5. The Bertz CT molecular complexity index is 671. The van der Waals surface area contributed by atoms with E-state index in [1.54, 1.807) is 32.0 Å². The van der Waals surface area contributed by atoms with Gasteiger partial charge in [0.15, 0.2) is 9.84 Å². The largest absolute Gasteiger partial charge is 0.352 e. The van der Waals surface area contributed by atoms with Crippen molar-refractivity contribution in [3.8, 4) is 0 Å². The molecule has 1 atom stereocenters. The molecule has 0 aliphatic carbocycles. The van der Waals surface area contributed by atoms with Crippen LogP contribution in [0.5, 0.6) is 0 Å². The van der Waals surface area contributed by atoms with Crippen LogP contribution in [0.25, 0.3) is 0 Å². The first-order valence-electron chi connectivity index (χ1n) is 6.59. The summed E-state index contributed by atoms with van der Waals surface area (Å²) in [7, 11) is -3.02. The third kappa shape index (κ3) is 3.71. The molecule has 1 N–H and O–H groups in total. The summed E-state index contributed by atoms with van der Waals surface area (Å²) in [6, 6.07) is 4.74. The minimum atomic E-state index is -3.02. The van der Waals surface area contributed by atoms with Crippen LogP contribution >= 0.6 is 23.2 Å². The van der Waals surface area contributed by atoms with E-state index < -0.39 is 15.3 Å². The number of benzene rings is 1. The number of carbonyl (C=O) groups excluding carboxylic acids is 1. The molecule has 0 aromatic heterocycles. The van der Waals surface area contributed by atoms with E-state index in [-0.39, 0.29) is 23.5 Å². The van der Waals surface area contributed by atoms with Crippen molar-refractivity contribution in [2.45, 2.75) is 31.7 Å². The number of hydrogen-bond donors (Lipinski definition) is 1. The molecule has 1 aliphatic rings. The Morgan fingerprint density at radius 1 is 1.29 bits per heavy atom. The number of amides is 1. The lowest BCUT2D eigenvalue weighted by atomic mass is 9.83. The van der Waals surface area contributed by atoms with Crippen molar-refractivity contribution in [2.75, 3.05) is 11.5 Å². The van der Waals surface area contributed by atoms with E-state index in [1.807, 2.05) is 0 Å². The molecule has 1 aromatic rings. The molecular weight excluding hydrogens is 333 g/mol. The Balaban J connectivity index is 2.15. The van der Waals surface area contributed by atoms with Gasteiger partial charge in [-0.3, -0.25) is 4.79 Å². The normalized spacial score (nSPS) is 21.2. The summed E-state index contributed by atoms with van der Waals surface area (Å²) in [5.41, 5.74) is -0.0872. The quantitative estimate of drug-likeness (QED) is 0.911. The maximum atomic E-state index is 12.4. The van der Waals surface area contributed by atoms with Gasteiger partial charge in [0.1, 0.15) is 0 Å². The molecule has 7 heteroatoms. The van der Waals surface area contributed by atoms with E-state index in [2.05, 4.69) is 5.32 Å². The zero-order chi connectivity index (χ0) is 15.8. The van der Waals surface area contributed by atoms with E-state index in [0.29, 0.717) is 16.5 Å². The summed E-state index contributed by atoms with van der Waals surface area (Å²) in [5.74, 6) is -0.0792. The standard InChI is InChI=1S/C14H17Cl2NO3S/c1-14(2,9-3-4-11(15)12(16)7-9)13(18)17-10-5-6-21(19,20)8-10/h3-4,7,10H,5-6,8H2,1-2H3,(H,17,18). The first-order chi connectivity index (χ1) is 9.62. The summed E-state index contributed by atoms with van der Waals surface area (Å²) in [6.07, 6.45) is 0.464.